The smallest absolute Gasteiger partial charge is 0.343 e. The molecule has 0 amide bonds. The van der Waals surface area contributed by atoms with Gasteiger partial charge in [0.1, 0.15) is 17.2 Å². The maximum Gasteiger partial charge on any atom is 0.343 e. The molecule has 0 unspecified atom stereocenters. The molecule has 0 bridgehead atoms. The van der Waals surface area contributed by atoms with Crippen LogP contribution < -0.4 is 14.2 Å². The molecule has 2 aromatic rings. The lowest BCUT2D eigenvalue weighted by atomic mass is 10.1. The number of hydrogen-bond acceptors (Lipinski definition) is 4. The molecule has 0 atom stereocenters. The number of rotatable bonds is 4. The molecule has 4 heteroatoms. The Kier molecular flexibility index (Phi) is 4.48. The third-order valence-electron chi connectivity index (χ3n) is 3.12. The van der Waals surface area contributed by atoms with Crippen LogP contribution in [-0.2, 0) is 0 Å². The Hall–Kier alpha value is -2.49. The van der Waals surface area contributed by atoms with Crippen LogP contribution in [0.15, 0.2) is 36.4 Å². The number of esters is 1. The Balaban J connectivity index is 2.27. The zero-order valence-electron chi connectivity index (χ0n) is 12.6. The molecule has 0 heterocycles. The van der Waals surface area contributed by atoms with Crippen LogP contribution in [0, 0.1) is 13.8 Å². The standard InChI is InChI=1S/C17H18O4/c1-11-5-6-16(12(2)7-11)21-17(18)13-8-14(19-3)10-15(9-13)20-4/h5-10H,1-4H3. The van der Waals surface area contributed by atoms with Crippen molar-refractivity contribution in [1.29, 1.82) is 0 Å². The van der Waals surface area contributed by atoms with Crippen molar-refractivity contribution in [1.82, 2.24) is 0 Å². The summed E-state index contributed by atoms with van der Waals surface area (Å²) in [4.78, 5) is 12.3. The highest BCUT2D eigenvalue weighted by molar-refractivity contribution is 5.92. The topological polar surface area (TPSA) is 44.8 Å². The molecule has 0 aliphatic carbocycles. The van der Waals surface area contributed by atoms with Crippen LogP contribution in [0.25, 0.3) is 0 Å². The lowest BCUT2D eigenvalue weighted by molar-refractivity contribution is 0.0732. The second-order valence-corrected chi connectivity index (χ2v) is 4.76. The largest absolute Gasteiger partial charge is 0.497 e. The fraction of sp³-hybridized carbons (Fsp3) is 0.235. The Labute approximate surface area is 124 Å². The first-order chi connectivity index (χ1) is 10.0. The zero-order valence-corrected chi connectivity index (χ0v) is 12.6. The number of aryl methyl sites for hydroxylation is 2. The summed E-state index contributed by atoms with van der Waals surface area (Å²) in [6.07, 6.45) is 0. The van der Waals surface area contributed by atoms with E-state index in [9.17, 15) is 4.79 Å². The van der Waals surface area contributed by atoms with Gasteiger partial charge < -0.3 is 14.2 Å². The second kappa shape index (κ2) is 6.31. The van der Waals surface area contributed by atoms with Gasteiger partial charge in [0.05, 0.1) is 19.8 Å². The number of carbonyl (C=O) groups is 1. The number of ether oxygens (including phenoxy) is 3. The van der Waals surface area contributed by atoms with Gasteiger partial charge in [0.15, 0.2) is 0 Å². The van der Waals surface area contributed by atoms with Crippen molar-refractivity contribution in [3.8, 4) is 17.2 Å². The molecule has 2 rings (SSSR count). The van der Waals surface area contributed by atoms with Crippen molar-refractivity contribution in [3.63, 3.8) is 0 Å². The molecule has 2 aromatic carbocycles. The molecule has 0 aliphatic heterocycles. The van der Waals surface area contributed by atoms with Gasteiger partial charge in [-0.2, -0.15) is 0 Å². The third kappa shape index (κ3) is 3.54. The van der Waals surface area contributed by atoms with E-state index in [0.717, 1.165) is 11.1 Å². The summed E-state index contributed by atoms with van der Waals surface area (Å²) in [6.45, 7) is 3.90. The molecule has 4 nitrogen and oxygen atoms in total. The first kappa shape index (κ1) is 14.9. The number of benzene rings is 2. The molecule has 0 radical (unpaired) electrons. The van der Waals surface area contributed by atoms with Gasteiger partial charge in [-0.3, -0.25) is 0 Å². The van der Waals surface area contributed by atoms with E-state index in [4.69, 9.17) is 14.2 Å². The van der Waals surface area contributed by atoms with Crippen LogP contribution in [-0.4, -0.2) is 20.2 Å². The van der Waals surface area contributed by atoms with Crippen molar-refractivity contribution < 1.29 is 19.0 Å². The van der Waals surface area contributed by atoms with Crippen LogP contribution in [0.2, 0.25) is 0 Å². The number of hydrogen-bond donors (Lipinski definition) is 0. The highest BCUT2D eigenvalue weighted by Gasteiger charge is 2.13. The van der Waals surface area contributed by atoms with E-state index in [1.807, 2.05) is 26.0 Å². The third-order valence-corrected chi connectivity index (χ3v) is 3.12. The lowest BCUT2D eigenvalue weighted by Gasteiger charge is -2.10. The summed E-state index contributed by atoms with van der Waals surface area (Å²) in [6, 6.07) is 10.6. The maximum atomic E-state index is 12.3. The van der Waals surface area contributed by atoms with Gasteiger partial charge in [-0.15, -0.1) is 0 Å². The van der Waals surface area contributed by atoms with Gasteiger partial charge in [-0.25, -0.2) is 4.79 Å². The minimum atomic E-state index is -0.445. The SMILES string of the molecule is COc1cc(OC)cc(C(=O)Oc2ccc(C)cc2C)c1. The summed E-state index contributed by atoms with van der Waals surface area (Å²) in [5, 5.41) is 0. The predicted molar refractivity (Wildman–Crippen MR) is 80.4 cm³/mol. The van der Waals surface area contributed by atoms with Crippen molar-refractivity contribution in [2.45, 2.75) is 13.8 Å². The Morgan fingerprint density at radius 2 is 1.52 bits per heavy atom. The molecule has 0 saturated heterocycles. The molecule has 0 spiro atoms. The van der Waals surface area contributed by atoms with E-state index in [1.165, 1.54) is 14.2 Å². The van der Waals surface area contributed by atoms with Crippen molar-refractivity contribution >= 4 is 5.97 Å². The van der Waals surface area contributed by atoms with Crippen LogP contribution in [0.3, 0.4) is 0 Å². The summed E-state index contributed by atoms with van der Waals surface area (Å²) in [5.74, 6) is 1.19. The normalized spacial score (nSPS) is 10.1. The van der Waals surface area contributed by atoms with E-state index in [1.54, 1.807) is 24.3 Å². The molecule has 21 heavy (non-hydrogen) atoms. The summed E-state index contributed by atoms with van der Waals surface area (Å²) >= 11 is 0. The summed E-state index contributed by atoms with van der Waals surface area (Å²) in [5.41, 5.74) is 2.42. The van der Waals surface area contributed by atoms with E-state index in [2.05, 4.69) is 0 Å². The molecular weight excluding hydrogens is 268 g/mol. The molecule has 110 valence electrons. The van der Waals surface area contributed by atoms with E-state index >= 15 is 0 Å². The van der Waals surface area contributed by atoms with E-state index < -0.39 is 5.97 Å². The molecule has 0 saturated carbocycles. The molecule has 0 aliphatic rings. The summed E-state index contributed by atoms with van der Waals surface area (Å²) < 4.78 is 15.7. The molecule has 0 fully saturated rings. The average Bonchev–Trinajstić information content (AvgIpc) is 2.49. The quantitative estimate of drug-likeness (QED) is 0.637. The second-order valence-electron chi connectivity index (χ2n) is 4.76. The fourth-order valence-electron chi connectivity index (χ4n) is 2.00. The van der Waals surface area contributed by atoms with Gasteiger partial charge in [0, 0.05) is 6.07 Å². The Bertz CT molecular complexity index is 640. The Morgan fingerprint density at radius 3 is 2.05 bits per heavy atom. The molecular formula is C17H18O4. The van der Waals surface area contributed by atoms with Crippen LogP contribution in [0.5, 0.6) is 17.2 Å². The van der Waals surface area contributed by atoms with Gasteiger partial charge in [0.25, 0.3) is 0 Å². The van der Waals surface area contributed by atoms with Crippen molar-refractivity contribution in [2.24, 2.45) is 0 Å². The van der Waals surface area contributed by atoms with E-state index in [0.29, 0.717) is 22.8 Å². The van der Waals surface area contributed by atoms with Crippen molar-refractivity contribution in [3.05, 3.63) is 53.1 Å². The van der Waals surface area contributed by atoms with Crippen molar-refractivity contribution in [2.75, 3.05) is 14.2 Å². The first-order valence-electron chi connectivity index (χ1n) is 6.56. The monoisotopic (exact) mass is 286 g/mol. The highest BCUT2D eigenvalue weighted by atomic mass is 16.5. The average molecular weight is 286 g/mol. The van der Waals surface area contributed by atoms with Gasteiger partial charge in [-0.1, -0.05) is 17.7 Å². The van der Waals surface area contributed by atoms with Crippen LogP contribution >= 0.6 is 0 Å². The highest BCUT2D eigenvalue weighted by Crippen LogP contribution is 2.25. The lowest BCUT2D eigenvalue weighted by Crippen LogP contribution is -2.10. The Morgan fingerprint density at radius 1 is 0.905 bits per heavy atom. The summed E-state index contributed by atoms with van der Waals surface area (Å²) in [7, 11) is 3.07. The number of methoxy groups -OCH3 is 2. The fourth-order valence-corrected chi connectivity index (χ4v) is 2.00. The predicted octanol–water partition coefficient (Wildman–Crippen LogP) is 3.54. The van der Waals surface area contributed by atoms with Gasteiger partial charge in [0.2, 0.25) is 0 Å². The van der Waals surface area contributed by atoms with Crippen LogP contribution in [0.1, 0.15) is 21.5 Å². The van der Waals surface area contributed by atoms with Gasteiger partial charge >= 0.3 is 5.97 Å². The first-order valence-corrected chi connectivity index (χ1v) is 6.56. The minimum absolute atomic E-state index is 0.381. The minimum Gasteiger partial charge on any atom is -0.497 e. The van der Waals surface area contributed by atoms with Crippen LogP contribution in [0.4, 0.5) is 0 Å². The van der Waals surface area contributed by atoms with Gasteiger partial charge in [-0.05, 0) is 37.6 Å². The maximum absolute atomic E-state index is 12.3. The number of carbonyl (C=O) groups excluding carboxylic acids is 1. The van der Waals surface area contributed by atoms with E-state index in [-0.39, 0.29) is 0 Å². The zero-order chi connectivity index (χ0) is 15.4. The molecule has 0 aromatic heterocycles. The molecule has 0 N–H and O–H groups in total.